The fourth-order valence-corrected chi connectivity index (χ4v) is 3.05. The summed E-state index contributed by atoms with van der Waals surface area (Å²) in [5, 5.41) is 0. The number of pyridine rings is 1. The van der Waals surface area contributed by atoms with Crippen molar-refractivity contribution in [2.24, 2.45) is 0 Å². The predicted octanol–water partition coefficient (Wildman–Crippen LogP) is -0.318. The normalized spacial score (nSPS) is 11.5. The third-order valence-electron chi connectivity index (χ3n) is 4.77. The molecule has 1 heterocycles. The maximum absolute atomic E-state index is 6.19. The SMILES string of the molecule is [B]c1c([B])c([B])c(-c2ccnc(-c3cccc(C(C)(C)C)c3)c2)c([B])c1[B]. The average molecular weight is 336 g/mol. The molecule has 0 aliphatic carbocycles. The molecule has 0 fully saturated rings. The first kappa shape index (κ1) is 19.7. The summed E-state index contributed by atoms with van der Waals surface area (Å²) < 4.78 is 0. The molecule has 6 heteroatoms. The van der Waals surface area contributed by atoms with Crippen LogP contribution in [0.1, 0.15) is 26.3 Å². The first-order valence-corrected chi connectivity index (χ1v) is 8.70. The van der Waals surface area contributed by atoms with E-state index in [0.29, 0.717) is 16.5 Å². The Kier molecular flexibility index (Phi) is 5.21. The van der Waals surface area contributed by atoms with Gasteiger partial charge >= 0.3 is 0 Å². The second-order valence-corrected chi connectivity index (χ2v) is 7.70. The van der Waals surface area contributed by atoms with E-state index in [-0.39, 0.29) is 21.8 Å². The molecular formula is C21H16B5N. The standard InChI is InChI=1S/C21H16B5N/c1-21(2,3)13-6-4-5-11(9-13)14-10-12(7-8-27-14)15-16(22)18(24)20(26)19(25)17(15)23/h4-10H,1-3H3. The molecule has 0 bridgehead atoms. The highest BCUT2D eigenvalue weighted by Gasteiger charge is 2.16. The van der Waals surface area contributed by atoms with Crippen molar-refractivity contribution in [1.29, 1.82) is 0 Å². The van der Waals surface area contributed by atoms with Gasteiger partial charge in [0.15, 0.2) is 0 Å². The lowest BCUT2D eigenvalue weighted by atomic mass is 9.60. The Bertz CT molecular complexity index is 993. The van der Waals surface area contributed by atoms with Gasteiger partial charge in [-0.1, -0.05) is 49.9 Å². The molecular weight excluding hydrogens is 320 g/mol. The fourth-order valence-electron chi connectivity index (χ4n) is 3.05. The van der Waals surface area contributed by atoms with E-state index in [4.69, 9.17) is 39.2 Å². The zero-order chi connectivity index (χ0) is 19.9. The zero-order valence-corrected chi connectivity index (χ0v) is 15.9. The van der Waals surface area contributed by atoms with Gasteiger partial charge in [0.2, 0.25) is 0 Å². The summed E-state index contributed by atoms with van der Waals surface area (Å²) in [6.45, 7) is 6.53. The molecule has 3 rings (SSSR count). The Balaban J connectivity index is 2.17. The van der Waals surface area contributed by atoms with E-state index in [1.54, 1.807) is 6.20 Å². The lowest BCUT2D eigenvalue weighted by molar-refractivity contribution is 0.590. The molecule has 0 aliphatic rings. The molecule has 120 valence electrons. The second-order valence-electron chi connectivity index (χ2n) is 7.70. The number of benzene rings is 2. The highest BCUT2D eigenvalue weighted by molar-refractivity contribution is 6.68. The van der Waals surface area contributed by atoms with Crippen molar-refractivity contribution in [3.05, 3.63) is 48.2 Å². The summed E-state index contributed by atoms with van der Waals surface area (Å²) in [5.41, 5.74) is 5.79. The molecule has 0 atom stereocenters. The minimum atomic E-state index is 0.0440. The molecule has 0 saturated carbocycles. The Hall–Kier alpha value is -2.09. The first-order valence-electron chi connectivity index (χ1n) is 8.70. The van der Waals surface area contributed by atoms with Gasteiger partial charge in [0.25, 0.3) is 0 Å². The van der Waals surface area contributed by atoms with Crippen LogP contribution in [0.4, 0.5) is 0 Å². The smallest absolute Gasteiger partial charge is 0.113 e. The third kappa shape index (κ3) is 3.67. The van der Waals surface area contributed by atoms with Crippen LogP contribution in [0.25, 0.3) is 22.4 Å². The molecule has 1 aromatic heterocycles. The van der Waals surface area contributed by atoms with Crippen molar-refractivity contribution >= 4 is 66.5 Å². The molecule has 27 heavy (non-hydrogen) atoms. The van der Waals surface area contributed by atoms with E-state index in [0.717, 1.165) is 16.8 Å². The fraction of sp³-hybridized carbons (Fsp3) is 0.190. The Morgan fingerprint density at radius 3 is 1.89 bits per heavy atom. The third-order valence-corrected chi connectivity index (χ3v) is 4.77. The molecule has 2 aromatic carbocycles. The molecule has 0 unspecified atom stereocenters. The summed E-state index contributed by atoms with van der Waals surface area (Å²) in [6, 6.07) is 12.1. The van der Waals surface area contributed by atoms with Crippen molar-refractivity contribution < 1.29 is 0 Å². The van der Waals surface area contributed by atoms with Crippen molar-refractivity contribution in [1.82, 2.24) is 4.98 Å². The summed E-state index contributed by atoms with van der Waals surface area (Å²) in [5.74, 6) is 0. The van der Waals surface area contributed by atoms with Gasteiger partial charge in [-0.25, -0.2) is 0 Å². The largest absolute Gasteiger partial charge is 0.256 e. The van der Waals surface area contributed by atoms with Gasteiger partial charge in [-0.05, 0) is 40.3 Å². The van der Waals surface area contributed by atoms with Crippen LogP contribution in [0, 0.1) is 0 Å². The van der Waals surface area contributed by atoms with Gasteiger partial charge < -0.3 is 0 Å². The number of rotatable bonds is 2. The summed E-state index contributed by atoms with van der Waals surface area (Å²) in [4.78, 5) is 4.51. The minimum Gasteiger partial charge on any atom is -0.256 e. The van der Waals surface area contributed by atoms with Crippen LogP contribution < -0.4 is 27.3 Å². The van der Waals surface area contributed by atoms with Gasteiger partial charge in [-0.3, -0.25) is 4.98 Å². The lowest BCUT2D eigenvalue weighted by Crippen LogP contribution is -2.55. The van der Waals surface area contributed by atoms with E-state index < -0.39 is 0 Å². The Labute approximate surface area is 168 Å². The predicted molar refractivity (Wildman–Crippen MR) is 121 cm³/mol. The maximum Gasteiger partial charge on any atom is 0.113 e. The van der Waals surface area contributed by atoms with Gasteiger partial charge in [0, 0.05) is 11.8 Å². The number of nitrogens with zero attached hydrogens (tertiary/aromatic N) is 1. The van der Waals surface area contributed by atoms with Crippen LogP contribution in [0.15, 0.2) is 42.6 Å². The highest BCUT2D eigenvalue weighted by atomic mass is 14.7. The van der Waals surface area contributed by atoms with E-state index in [9.17, 15) is 0 Å². The topological polar surface area (TPSA) is 12.9 Å². The summed E-state index contributed by atoms with van der Waals surface area (Å²) in [7, 11) is 30.3. The maximum atomic E-state index is 6.19. The molecule has 0 saturated heterocycles. The van der Waals surface area contributed by atoms with Gasteiger partial charge in [0.1, 0.15) is 39.2 Å². The van der Waals surface area contributed by atoms with Crippen LogP contribution >= 0.6 is 0 Å². The number of hydrogen-bond donors (Lipinski definition) is 0. The van der Waals surface area contributed by atoms with Crippen LogP contribution in [0.2, 0.25) is 0 Å². The quantitative estimate of drug-likeness (QED) is 0.585. The lowest BCUT2D eigenvalue weighted by Gasteiger charge is -2.22. The molecule has 10 radical (unpaired) electrons. The van der Waals surface area contributed by atoms with Crippen LogP contribution in [0.5, 0.6) is 0 Å². The number of hydrogen-bond acceptors (Lipinski definition) is 1. The van der Waals surface area contributed by atoms with Gasteiger partial charge in [-0.2, -0.15) is 0 Å². The van der Waals surface area contributed by atoms with Crippen LogP contribution in [-0.2, 0) is 5.41 Å². The first-order chi connectivity index (χ1) is 12.6. The van der Waals surface area contributed by atoms with E-state index in [2.05, 4.69) is 37.9 Å². The summed E-state index contributed by atoms with van der Waals surface area (Å²) in [6.07, 6.45) is 1.72. The molecule has 0 spiro atoms. The van der Waals surface area contributed by atoms with E-state index in [1.807, 2.05) is 24.3 Å². The highest BCUT2D eigenvalue weighted by Crippen LogP contribution is 2.28. The van der Waals surface area contributed by atoms with E-state index >= 15 is 0 Å². The van der Waals surface area contributed by atoms with Crippen molar-refractivity contribution in [3.8, 4) is 22.4 Å². The van der Waals surface area contributed by atoms with E-state index in [1.165, 1.54) is 5.56 Å². The Morgan fingerprint density at radius 1 is 0.704 bits per heavy atom. The number of aromatic nitrogens is 1. The summed E-state index contributed by atoms with van der Waals surface area (Å²) >= 11 is 0. The average Bonchev–Trinajstić information content (AvgIpc) is 2.65. The van der Waals surface area contributed by atoms with Crippen molar-refractivity contribution in [3.63, 3.8) is 0 Å². The van der Waals surface area contributed by atoms with Gasteiger partial charge in [0.05, 0.1) is 5.69 Å². The van der Waals surface area contributed by atoms with Crippen LogP contribution in [0.3, 0.4) is 0 Å². The molecule has 0 aliphatic heterocycles. The van der Waals surface area contributed by atoms with Crippen molar-refractivity contribution in [2.45, 2.75) is 26.2 Å². The molecule has 3 aromatic rings. The minimum absolute atomic E-state index is 0.0440. The molecule has 1 nitrogen and oxygen atoms in total. The van der Waals surface area contributed by atoms with Gasteiger partial charge in [-0.15, -0.1) is 16.4 Å². The Morgan fingerprint density at radius 2 is 1.30 bits per heavy atom. The van der Waals surface area contributed by atoms with Crippen LogP contribution in [-0.4, -0.2) is 44.2 Å². The monoisotopic (exact) mass is 337 g/mol. The zero-order valence-electron chi connectivity index (χ0n) is 15.9. The van der Waals surface area contributed by atoms with Crippen molar-refractivity contribution in [2.75, 3.05) is 0 Å². The second kappa shape index (κ2) is 7.15. The molecule has 0 N–H and O–H groups in total. The molecule has 0 amide bonds.